The number of hydrogen-bond acceptors (Lipinski definition) is 3. The van der Waals surface area contributed by atoms with Crippen LogP contribution in [0, 0.1) is 11.3 Å². The molecule has 0 radical (unpaired) electrons. The summed E-state index contributed by atoms with van der Waals surface area (Å²) >= 11 is 1.67. The molecule has 4 aromatic carbocycles. The second-order valence-electron chi connectivity index (χ2n) is 5.77. The molecule has 0 saturated heterocycles. The van der Waals surface area contributed by atoms with Gasteiger partial charge in [0.05, 0.1) is 16.5 Å². The monoisotopic (exact) mass is 353 g/mol. The fraction of sp³-hybridized carbons (Fsp3) is 0. The molecule has 0 amide bonds. The number of fused-ring (bicyclic) bond motifs is 1. The Kier molecular flexibility index (Phi) is 4.59. The Morgan fingerprint density at radius 2 is 1.50 bits per heavy atom. The van der Waals surface area contributed by atoms with Gasteiger partial charge in [-0.05, 0) is 53.2 Å². The molecule has 0 atom stereocenters. The molecule has 0 N–H and O–H groups in total. The maximum Gasteiger partial charge on any atom is 0.141 e. The lowest BCUT2D eigenvalue weighted by Crippen LogP contribution is -1.89. The molecule has 0 spiro atoms. The first-order chi connectivity index (χ1) is 12.8. The quantitative estimate of drug-likeness (QED) is 0.411. The van der Waals surface area contributed by atoms with Crippen LogP contribution in [-0.4, -0.2) is 0 Å². The van der Waals surface area contributed by atoms with Crippen molar-refractivity contribution in [2.75, 3.05) is 0 Å². The lowest BCUT2D eigenvalue weighted by atomic mass is 10.1. The average molecular weight is 353 g/mol. The summed E-state index contributed by atoms with van der Waals surface area (Å²) in [5.74, 6) is 1.61. The number of nitrogens with zero attached hydrogens (tertiary/aromatic N) is 1. The van der Waals surface area contributed by atoms with Crippen LogP contribution in [-0.2, 0) is 0 Å². The van der Waals surface area contributed by atoms with Crippen molar-refractivity contribution in [3.63, 3.8) is 0 Å². The van der Waals surface area contributed by atoms with E-state index in [1.807, 2.05) is 78.9 Å². The summed E-state index contributed by atoms with van der Waals surface area (Å²) in [5.41, 5.74) is 0.657. The van der Waals surface area contributed by atoms with Crippen LogP contribution in [0.25, 0.3) is 10.8 Å². The summed E-state index contributed by atoms with van der Waals surface area (Å²) in [7, 11) is 0. The van der Waals surface area contributed by atoms with Gasteiger partial charge in [0.15, 0.2) is 0 Å². The van der Waals surface area contributed by atoms with E-state index in [1.165, 1.54) is 0 Å². The summed E-state index contributed by atoms with van der Waals surface area (Å²) in [6, 6.07) is 31.9. The van der Waals surface area contributed by atoms with Gasteiger partial charge < -0.3 is 4.74 Å². The first-order valence-corrected chi connectivity index (χ1v) is 9.08. The van der Waals surface area contributed by atoms with Gasteiger partial charge in [0.2, 0.25) is 0 Å². The zero-order chi connectivity index (χ0) is 17.8. The number of hydrogen-bond donors (Lipinski definition) is 0. The van der Waals surface area contributed by atoms with Crippen LogP contribution >= 0.6 is 11.8 Å². The molecule has 3 heteroatoms. The lowest BCUT2D eigenvalue weighted by Gasteiger charge is -2.14. The third-order valence-corrected chi connectivity index (χ3v) is 5.13. The third kappa shape index (κ3) is 3.42. The molecule has 0 aliphatic carbocycles. The van der Waals surface area contributed by atoms with Gasteiger partial charge >= 0.3 is 0 Å². The first-order valence-electron chi connectivity index (χ1n) is 8.26. The second-order valence-corrected chi connectivity index (χ2v) is 6.85. The van der Waals surface area contributed by atoms with Crippen molar-refractivity contribution < 1.29 is 4.74 Å². The minimum absolute atomic E-state index is 0.657. The Bertz CT molecular complexity index is 1090. The largest absolute Gasteiger partial charge is 0.456 e. The van der Waals surface area contributed by atoms with E-state index in [1.54, 1.807) is 11.8 Å². The summed E-state index contributed by atoms with van der Waals surface area (Å²) in [5, 5.41) is 11.3. The molecule has 26 heavy (non-hydrogen) atoms. The van der Waals surface area contributed by atoms with Crippen molar-refractivity contribution >= 4 is 22.5 Å². The topological polar surface area (TPSA) is 33.0 Å². The highest BCUT2D eigenvalue weighted by molar-refractivity contribution is 7.99. The summed E-state index contributed by atoms with van der Waals surface area (Å²) in [6.45, 7) is 0. The van der Waals surface area contributed by atoms with Crippen LogP contribution in [0.1, 0.15) is 5.56 Å². The molecule has 0 unspecified atom stereocenters. The van der Waals surface area contributed by atoms with Crippen molar-refractivity contribution in [3.05, 3.63) is 96.6 Å². The molecular formula is C23H15NOS. The standard InChI is InChI=1S/C23H15NOS/c24-16-17-11-13-21-18(15-17)12-14-22(25-19-7-3-1-4-8-19)23(21)26-20-9-5-2-6-10-20/h1-15H. The Labute approximate surface area is 156 Å². The molecule has 0 saturated carbocycles. The summed E-state index contributed by atoms with van der Waals surface area (Å²) in [4.78, 5) is 2.18. The van der Waals surface area contributed by atoms with Gasteiger partial charge in [-0.25, -0.2) is 0 Å². The highest BCUT2D eigenvalue weighted by atomic mass is 32.2. The predicted octanol–water partition coefficient (Wildman–Crippen LogP) is 6.65. The molecule has 124 valence electrons. The van der Waals surface area contributed by atoms with E-state index in [2.05, 4.69) is 18.2 Å². The van der Waals surface area contributed by atoms with Crippen LogP contribution in [0.4, 0.5) is 0 Å². The number of ether oxygens (including phenoxy) is 1. The Morgan fingerprint density at radius 3 is 2.23 bits per heavy atom. The molecule has 0 bridgehead atoms. The highest BCUT2D eigenvalue weighted by Crippen LogP contribution is 2.42. The van der Waals surface area contributed by atoms with E-state index in [9.17, 15) is 5.26 Å². The maximum absolute atomic E-state index is 9.17. The SMILES string of the molecule is N#Cc1ccc2c(Sc3ccccc3)c(Oc3ccccc3)ccc2c1. The molecule has 0 aliphatic heterocycles. The number of nitriles is 1. The van der Waals surface area contributed by atoms with Gasteiger partial charge in [0, 0.05) is 4.90 Å². The van der Waals surface area contributed by atoms with Gasteiger partial charge in [-0.2, -0.15) is 5.26 Å². The van der Waals surface area contributed by atoms with Gasteiger partial charge in [-0.1, -0.05) is 60.3 Å². The van der Waals surface area contributed by atoms with Gasteiger partial charge in [-0.15, -0.1) is 0 Å². The molecule has 0 aromatic heterocycles. The fourth-order valence-corrected chi connectivity index (χ4v) is 3.79. The van der Waals surface area contributed by atoms with E-state index in [-0.39, 0.29) is 0 Å². The van der Waals surface area contributed by atoms with Crippen LogP contribution in [0.3, 0.4) is 0 Å². The molecule has 0 heterocycles. The fourth-order valence-electron chi connectivity index (χ4n) is 2.76. The molecule has 0 fully saturated rings. The van der Waals surface area contributed by atoms with Crippen molar-refractivity contribution in [1.29, 1.82) is 5.26 Å². The minimum atomic E-state index is 0.657. The molecule has 2 nitrogen and oxygen atoms in total. The van der Waals surface area contributed by atoms with Crippen molar-refractivity contribution in [3.8, 4) is 17.6 Å². The summed E-state index contributed by atoms with van der Waals surface area (Å²) in [6.07, 6.45) is 0. The average Bonchev–Trinajstić information content (AvgIpc) is 2.71. The van der Waals surface area contributed by atoms with Crippen molar-refractivity contribution in [1.82, 2.24) is 0 Å². The third-order valence-electron chi connectivity index (χ3n) is 4.00. The van der Waals surface area contributed by atoms with Crippen LogP contribution < -0.4 is 4.74 Å². The first kappa shape index (κ1) is 16.3. The Morgan fingerprint density at radius 1 is 0.769 bits per heavy atom. The van der Waals surface area contributed by atoms with Gasteiger partial charge in [-0.3, -0.25) is 0 Å². The second kappa shape index (κ2) is 7.35. The predicted molar refractivity (Wildman–Crippen MR) is 106 cm³/mol. The van der Waals surface area contributed by atoms with Crippen LogP contribution in [0.5, 0.6) is 11.5 Å². The number of benzene rings is 4. The van der Waals surface area contributed by atoms with Crippen molar-refractivity contribution in [2.24, 2.45) is 0 Å². The van der Waals surface area contributed by atoms with E-state index in [0.717, 1.165) is 32.1 Å². The molecule has 4 aromatic rings. The van der Waals surface area contributed by atoms with E-state index in [0.29, 0.717) is 5.56 Å². The Balaban J connectivity index is 1.84. The van der Waals surface area contributed by atoms with Gasteiger partial charge in [0.1, 0.15) is 11.5 Å². The minimum Gasteiger partial charge on any atom is -0.456 e. The molecular weight excluding hydrogens is 338 g/mol. The zero-order valence-electron chi connectivity index (χ0n) is 13.9. The van der Waals surface area contributed by atoms with Crippen molar-refractivity contribution in [2.45, 2.75) is 9.79 Å². The summed E-state index contributed by atoms with van der Waals surface area (Å²) < 4.78 is 6.16. The number of rotatable bonds is 4. The smallest absolute Gasteiger partial charge is 0.141 e. The lowest BCUT2D eigenvalue weighted by molar-refractivity contribution is 0.472. The maximum atomic E-state index is 9.17. The normalized spacial score (nSPS) is 10.4. The van der Waals surface area contributed by atoms with E-state index in [4.69, 9.17) is 4.74 Å². The number of para-hydroxylation sites is 1. The van der Waals surface area contributed by atoms with Crippen LogP contribution in [0.15, 0.2) is 101 Å². The Hall–Kier alpha value is -3.22. The molecule has 0 aliphatic rings. The van der Waals surface area contributed by atoms with Gasteiger partial charge in [0.25, 0.3) is 0 Å². The highest BCUT2D eigenvalue weighted by Gasteiger charge is 2.12. The molecule has 4 rings (SSSR count). The van der Waals surface area contributed by atoms with E-state index < -0.39 is 0 Å². The zero-order valence-corrected chi connectivity index (χ0v) is 14.7. The van der Waals surface area contributed by atoms with E-state index >= 15 is 0 Å². The van der Waals surface area contributed by atoms with Crippen LogP contribution in [0.2, 0.25) is 0 Å².